The lowest BCUT2D eigenvalue weighted by Crippen LogP contribution is -2.61. The second kappa shape index (κ2) is 14.4. The Morgan fingerprint density at radius 3 is 1.35 bits per heavy atom. The Morgan fingerprint density at radius 1 is 0.400 bits per heavy atom. The van der Waals surface area contributed by atoms with E-state index >= 15 is 0 Å². The predicted molar refractivity (Wildman–Crippen MR) is 272 cm³/mol. The van der Waals surface area contributed by atoms with Gasteiger partial charge in [-0.3, -0.25) is 0 Å². The summed E-state index contributed by atoms with van der Waals surface area (Å²) >= 11 is 0. The molecule has 2 aromatic heterocycles. The lowest BCUT2D eigenvalue weighted by atomic mass is 9.33. The Balaban J connectivity index is 0.943. The Hall–Kier alpha value is -7.76. The molecule has 0 spiro atoms. The molecule has 0 radical (unpaired) electrons. The number of para-hydroxylation sites is 6. The van der Waals surface area contributed by atoms with Crippen molar-refractivity contribution in [3.05, 3.63) is 200 Å². The fourth-order valence-electron chi connectivity index (χ4n) is 11.7. The molecule has 14 rings (SSSR count). The maximum absolute atomic E-state index is 6.51. The van der Waals surface area contributed by atoms with Crippen molar-refractivity contribution < 1.29 is 8.83 Å². The van der Waals surface area contributed by atoms with Gasteiger partial charge in [0.05, 0.1) is 0 Å². The van der Waals surface area contributed by atoms with Crippen molar-refractivity contribution in [2.75, 3.05) is 9.80 Å². The maximum Gasteiger partial charge on any atom is 0.252 e. The van der Waals surface area contributed by atoms with E-state index in [9.17, 15) is 0 Å². The molecule has 4 nitrogen and oxygen atoms in total. The Bertz CT molecular complexity index is 3440. The van der Waals surface area contributed by atoms with Gasteiger partial charge in [0.25, 0.3) is 6.71 Å². The Labute approximate surface area is 378 Å². The molecule has 4 heterocycles. The summed E-state index contributed by atoms with van der Waals surface area (Å²) in [5.74, 6) is 0.514. The molecule has 0 amide bonds. The van der Waals surface area contributed by atoms with Crippen LogP contribution in [0.4, 0.5) is 34.1 Å². The summed E-state index contributed by atoms with van der Waals surface area (Å²) in [7, 11) is 0. The number of fused-ring (bicyclic) bond motifs is 10. The zero-order valence-corrected chi connectivity index (χ0v) is 35.9. The molecule has 9 aromatic carbocycles. The van der Waals surface area contributed by atoms with Crippen molar-refractivity contribution in [3.8, 4) is 22.3 Å². The summed E-state index contributed by atoms with van der Waals surface area (Å²) in [6, 6.07) is 71.3. The molecule has 1 saturated carbocycles. The normalized spacial score (nSPS) is 14.6. The second-order valence-electron chi connectivity index (χ2n) is 18.2. The van der Waals surface area contributed by atoms with Gasteiger partial charge in [0.15, 0.2) is 0 Å². The number of furan rings is 2. The predicted octanol–water partition coefficient (Wildman–Crippen LogP) is 14.9. The zero-order valence-electron chi connectivity index (χ0n) is 35.9. The molecule has 3 aliphatic rings. The lowest BCUT2D eigenvalue weighted by molar-refractivity contribution is 0.444. The number of anilines is 6. The molecular formula is C60H43BN2O2. The molecule has 11 aromatic rings. The smallest absolute Gasteiger partial charge is 0.252 e. The summed E-state index contributed by atoms with van der Waals surface area (Å²) in [6.45, 7) is 0.0789. The van der Waals surface area contributed by atoms with Crippen LogP contribution in [0.1, 0.15) is 43.6 Å². The number of rotatable bonds is 5. The largest absolute Gasteiger partial charge is 0.455 e. The second-order valence-corrected chi connectivity index (χ2v) is 18.2. The topological polar surface area (TPSA) is 32.8 Å². The molecule has 0 bridgehead atoms. The molecule has 1 aliphatic carbocycles. The van der Waals surface area contributed by atoms with E-state index in [0.29, 0.717) is 5.92 Å². The molecule has 0 atom stereocenters. The molecule has 2 aliphatic heterocycles. The van der Waals surface area contributed by atoms with Crippen molar-refractivity contribution >= 4 is 101 Å². The SMILES string of the molecule is c1ccc2c(c1)B1c3ccccc3N(c3ccc(-c4cccc5c4oc4ccccc45)cc3)c3cc(C4CCCCC4)cc(c31)N2c1ccc(-c2cccc3c2oc2ccccc23)cc1. The number of nitrogens with zero attached hydrogens (tertiary/aromatic N) is 2. The monoisotopic (exact) mass is 834 g/mol. The summed E-state index contributed by atoms with van der Waals surface area (Å²) in [5.41, 5.74) is 20.9. The highest BCUT2D eigenvalue weighted by Crippen LogP contribution is 2.48. The minimum absolute atomic E-state index is 0.0789. The quantitative estimate of drug-likeness (QED) is 0.162. The standard InChI is InChI=1S/C60H43BN2O2/c1-2-14-38(15-3-1)41-36-54-58-55(37-41)63(43-34-30-40(31-35-43)45-19-13-21-49-47-17-5-11-27-57(47)65-60(45)49)53-25-9-7-23-51(53)61(58)50-22-6-8-24-52(50)62(54)42-32-28-39(29-33-42)44-18-12-20-48-46-16-4-10-26-56(46)64-59(44)48/h4-13,16-38H,1-3,14-15H2. The lowest BCUT2D eigenvalue weighted by Gasteiger charge is -2.44. The summed E-state index contributed by atoms with van der Waals surface area (Å²) in [6.07, 6.45) is 6.31. The minimum Gasteiger partial charge on any atom is -0.455 e. The molecule has 308 valence electrons. The average molecular weight is 835 g/mol. The van der Waals surface area contributed by atoms with E-state index < -0.39 is 0 Å². The van der Waals surface area contributed by atoms with Gasteiger partial charge in [0.1, 0.15) is 22.3 Å². The Morgan fingerprint density at radius 2 is 0.846 bits per heavy atom. The van der Waals surface area contributed by atoms with Crippen molar-refractivity contribution in [2.45, 2.75) is 38.0 Å². The van der Waals surface area contributed by atoms with Gasteiger partial charge in [-0.05, 0) is 113 Å². The van der Waals surface area contributed by atoms with Crippen LogP contribution in [-0.4, -0.2) is 6.71 Å². The minimum atomic E-state index is 0.0789. The fourth-order valence-corrected chi connectivity index (χ4v) is 11.7. The molecule has 0 saturated heterocycles. The molecule has 1 fully saturated rings. The first kappa shape index (κ1) is 36.7. The van der Waals surface area contributed by atoms with Crippen molar-refractivity contribution in [1.29, 1.82) is 0 Å². The fraction of sp³-hybridized carbons (Fsp3) is 0.100. The summed E-state index contributed by atoms with van der Waals surface area (Å²) in [4.78, 5) is 5.09. The highest BCUT2D eigenvalue weighted by atomic mass is 16.3. The van der Waals surface area contributed by atoms with Crippen LogP contribution in [0.2, 0.25) is 0 Å². The first-order valence-electron chi connectivity index (χ1n) is 23.2. The van der Waals surface area contributed by atoms with Gasteiger partial charge in [-0.25, -0.2) is 0 Å². The van der Waals surface area contributed by atoms with Crippen LogP contribution < -0.4 is 26.2 Å². The van der Waals surface area contributed by atoms with Gasteiger partial charge in [-0.15, -0.1) is 0 Å². The maximum atomic E-state index is 6.51. The van der Waals surface area contributed by atoms with E-state index in [0.717, 1.165) is 77.5 Å². The Kier molecular flexibility index (Phi) is 8.12. The van der Waals surface area contributed by atoms with Crippen molar-refractivity contribution in [1.82, 2.24) is 0 Å². The number of hydrogen-bond donors (Lipinski definition) is 0. The van der Waals surface area contributed by atoms with Gasteiger partial charge in [-0.2, -0.15) is 0 Å². The molecule has 0 unspecified atom stereocenters. The number of hydrogen-bond acceptors (Lipinski definition) is 4. The van der Waals surface area contributed by atoms with E-state index in [1.807, 2.05) is 12.1 Å². The molecular weight excluding hydrogens is 791 g/mol. The third-order valence-electron chi connectivity index (χ3n) is 14.7. The summed E-state index contributed by atoms with van der Waals surface area (Å²) in [5, 5.41) is 4.59. The zero-order chi connectivity index (χ0) is 42.6. The van der Waals surface area contributed by atoms with Crippen molar-refractivity contribution in [3.63, 3.8) is 0 Å². The van der Waals surface area contributed by atoms with Gasteiger partial charge in [0, 0.05) is 66.8 Å². The van der Waals surface area contributed by atoms with Crippen LogP contribution >= 0.6 is 0 Å². The third kappa shape index (κ3) is 5.58. The van der Waals surface area contributed by atoms with Gasteiger partial charge in [0.2, 0.25) is 0 Å². The van der Waals surface area contributed by atoms with E-state index in [2.05, 4.69) is 192 Å². The van der Waals surface area contributed by atoms with Crippen LogP contribution in [0.3, 0.4) is 0 Å². The van der Waals surface area contributed by atoms with Crippen LogP contribution in [0.25, 0.3) is 66.1 Å². The first-order chi connectivity index (χ1) is 32.2. The summed E-state index contributed by atoms with van der Waals surface area (Å²) < 4.78 is 13.0. The molecule has 65 heavy (non-hydrogen) atoms. The van der Waals surface area contributed by atoms with Crippen LogP contribution in [0, 0.1) is 0 Å². The first-order valence-corrected chi connectivity index (χ1v) is 23.2. The number of benzene rings is 9. The van der Waals surface area contributed by atoms with Crippen molar-refractivity contribution in [2.24, 2.45) is 0 Å². The van der Waals surface area contributed by atoms with E-state index in [-0.39, 0.29) is 6.71 Å². The van der Waals surface area contributed by atoms with E-state index in [1.54, 1.807) is 0 Å². The van der Waals surface area contributed by atoms with Crippen LogP contribution in [-0.2, 0) is 0 Å². The van der Waals surface area contributed by atoms with Gasteiger partial charge >= 0.3 is 0 Å². The van der Waals surface area contributed by atoms with Gasteiger partial charge in [-0.1, -0.05) is 153 Å². The average Bonchev–Trinajstić information content (AvgIpc) is 3.96. The highest BCUT2D eigenvalue weighted by Gasteiger charge is 2.43. The van der Waals surface area contributed by atoms with Crippen LogP contribution in [0.15, 0.2) is 203 Å². The van der Waals surface area contributed by atoms with Crippen LogP contribution in [0.5, 0.6) is 0 Å². The van der Waals surface area contributed by atoms with E-state index in [1.165, 1.54) is 76.8 Å². The van der Waals surface area contributed by atoms with E-state index in [4.69, 9.17) is 8.83 Å². The molecule has 0 N–H and O–H groups in total. The third-order valence-corrected chi connectivity index (χ3v) is 14.7. The van der Waals surface area contributed by atoms with Gasteiger partial charge < -0.3 is 18.6 Å². The molecule has 5 heteroatoms. The highest BCUT2D eigenvalue weighted by molar-refractivity contribution is 7.00.